The predicted molar refractivity (Wildman–Crippen MR) is 111 cm³/mol. The standard InChI is InChI=1S/C5H12O4.12CH4/c1-4(6)8-3-9-5(2)7;;;;;;;;;;;;/h4-7H,3H2,1-2H3;12*1H4. The van der Waals surface area contributed by atoms with E-state index in [-0.39, 0.29) is 95.9 Å². The van der Waals surface area contributed by atoms with E-state index in [2.05, 4.69) is 9.47 Å². The zero-order valence-electron chi connectivity index (χ0n) is 5.57. The SMILES string of the molecule is C.C.C.C.C.C.C.C.C.C.C.C.CC(O)OCOC(C)O. The molecule has 0 spiro atoms. The van der Waals surface area contributed by atoms with E-state index in [9.17, 15) is 0 Å². The largest absolute Gasteiger partial charge is 0.368 e. The summed E-state index contributed by atoms with van der Waals surface area (Å²) in [4.78, 5) is 0. The van der Waals surface area contributed by atoms with Crippen LogP contribution in [0.1, 0.15) is 103 Å². The molecule has 4 nitrogen and oxygen atoms in total. The molecule has 0 saturated carbocycles. The normalized spacial score (nSPS) is 7.43. The van der Waals surface area contributed by atoms with Crippen molar-refractivity contribution < 1.29 is 19.7 Å². The quantitative estimate of drug-likeness (QED) is 0.532. The van der Waals surface area contributed by atoms with E-state index in [0.29, 0.717) is 0 Å². The molecule has 0 aliphatic rings. The molecule has 0 rings (SSSR count). The predicted octanol–water partition coefficient (Wildman–Crippen LogP) is 7.29. The topological polar surface area (TPSA) is 58.9 Å². The van der Waals surface area contributed by atoms with Crippen LogP contribution in [0.2, 0.25) is 0 Å². The molecule has 21 heavy (non-hydrogen) atoms. The molecule has 0 aliphatic carbocycles. The number of hydrogen-bond acceptors (Lipinski definition) is 4. The Morgan fingerprint density at radius 3 is 0.762 bits per heavy atom. The molecule has 0 aliphatic heterocycles. The number of ether oxygens (including phenoxy) is 2. The van der Waals surface area contributed by atoms with Crippen LogP contribution >= 0.6 is 0 Å². The maximum Gasteiger partial charge on any atom is 0.154 e. The van der Waals surface area contributed by atoms with Gasteiger partial charge in [0.1, 0.15) is 0 Å². The fourth-order valence-electron chi connectivity index (χ4n) is 0.236. The minimum absolute atomic E-state index is 0. The van der Waals surface area contributed by atoms with Crippen LogP contribution < -0.4 is 0 Å². The lowest BCUT2D eigenvalue weighted by atomic mass is 10.8. The van der Waals surface area contributed by atoms with Gasteiger partial charge in [0.2, 0.25) is 0 Å². The monoisotopic (exact) mass is 328 g/mol. The van der Waals surface area contributed by atoms with Gasteiger partial charge in [-0.3, -0.25) is 0 Å². The number of rotatable bonds is 4. The number of aliphatic hydroxyl groups excluding tert-OH is 2. The van der Waals surface area contributed by atoms with Gasteiger partial charge in [0.25, 0.3) is 0 Å². The lowest BCUT2D eigenvalue weighted by Crippen LogP contribution is -2.14. The molecule has 0 bridgehead atoms. The maximum atomic E-state index is 8.48. The summed E-state index contributed by atoms with van der Waals surface area (Å²) in [6.07, 6.45) is -1.69. The van der Waals surface area contributed by atoms with Crippen molar-refractivity contribution in [2.45, 2.75) is 116 Å². The van der Waals surface area contributed by atoms with Crippen molar-refractivity contribution in [3.8, 4) is 0 Å². The van der Waals surface area contributed by atoms with E-state index in [0.717, 1.165) is 0 Å². The van der Waals surface area contributed by atoms with E-state index in [1.165, 1.54) is 13.8 Å². The Kier molecular flexibility index (Phi) is 573. The molecule has 4 heteroatoms. The van der Waals surface area contributed by atoms with Crippen molar-refractivity contribution >= 4 is 0 Å². The summed E-state index contributed by atoms with van der Waals surface area (Å²) in [5.41, 5.74) is 0. The fraction of sp³-hybridized carbons (Fsp3) is 1.00. The van der Waals surface area contributed by atoms with E-state index in [4.69, 9.17) is 10.2 Å². The van der Waals surface area contributed by atoms with Crippen molar-refractivity contribution in [1.82, 2.24) is 0 Å². The lowest BCUT2D eigenvalue weighted by Gasteiger charge is -2.08. The van der Waals surface area contributed by atoms with E-state index in [1.807, 2.05) is 0 Å². The summed E-state index contributed by atoms with van der Waals surface area (Å²) in [5, 5.41) is 17.0. The summed E-state index contributed by atoms with van der Waals surface area (Å²) in [7, 11) is 0. The summed E-state index contributed by atoms with van der Waals surface area (Å²) in [5.74, 6) is 0. The van der Waals surface area contributed by atoms with Crippen LogP contribution in [-0.2, 0) is 9.47 Å². The highest BCUT2D eigenvalue weighted by Crippen LogP contribution is 1.87. The third kappa shape index (κ3) is 185. The van der Waals surface area contributed by atoms with Crippen LogP contribution in [-0.4, -0.2) is 29.6 Å². The Bertz CT molecular complexity index is 59.8. The van der Waals surface area contributed by atoms with Crippen LogP contribution in [0.4, 0.5) is 0 Å². The van der Waals surface area contributed by atoms with Gasteiger partial charge in [0.05, 0.1) is 0 Å². The highest BCUT2D eigenvalue weighted by molar-refractivity contribution is 4.20. The third-order valence-electron chi connectivity index (χ3n) is 0.618. The van der Waals surface area contributed by atoms with Crippen LogP contribution in [0.3, 0.4) is 0 Å². The fourth-order valence-corrected chi connectivity index (χ4v) is 0.236. The second kappa shape index (κ2) is 90.1. The molecule has 0 fully saturated rings. The smallest absolute Gasteiger partial charge is 0.154 e. The van der Waals surface area contributed by atoms with Gasteiger partial charge in [-0.25, -0.2) is 0 Å². The highest BCUT2D eigenvalue weighted by Gasteiger charge is 1.96. The summed E-state index contributed by atoms with van der Waals surface area (Å²) >= 11 is 0. The zero-order chi connectivity index (χ0) is 7.28. The molecule has 0 aromatic rings. The second-order valence-electron chi connectivity index (χ2n) is 1.65. The average molecular weight is 329 g/mol. The van der Waals surface area contributed by atoms with Crippen LogP contribution in [0.25, 0.3) is 0 Å². The molecule has 0 amide bonds. The minimum atomic E-state index is -0.844. The van der Waals surface area contributed by atoms with Crippen molar-refractivity contribution in [3.05, 3.63) is 0 Å². The van der Waals surface area contributed by atoms with Crippen molar-refractivity contribution in [2.24, 2.45) is 0 Å². The van der Waals surface area contributed by atoms with Gasteiger partial charge in [-0.1, -0.05) is 89.1 Å². The number of aliphatic hydroxyl groups is 2. The van der Waals surface area contributed by atoms with Crippen LogP contribution in [0.15, 0.2) is 0 Å². The van der Waals surface area contributed by atoms with Crippen molar-refractivity contribution in [3.63, 3.8) is 0 Å². The van der Waals surface area contributed by atoms with Gasteiger partial charge in [0.15, 0.2) is 19.4 Å². The van der Waals surface area contributed by atoms with Crippen molar-refractivity contribution in [1.29, 1.82) is 0 Å². The molecule has 2 unspecified atom stereocenters. The molecule has 2 N–H and O–H groups in total. The molecular formula is C17H60O4. The number of hydrogen-bond donors (Lipinski definition) is 2. The van der Waals surface area contributed by atoms with Gasteiger partial charge in [0, 0.05) is 0 Å². The molecule has 2 atom stereocenters. The van der Waals surface area contributed by atoms with Gasteiger partial charge >= 0.3 is 0 Å². The van der Waals surface area contributed by atoms with Gasteiger partial charge in [-0.15, -0.1) is 0 Å². The second-order valence-corrected chi connectivity index (χ2v) is 1.65. The minimum Gasteiger partial charge on any atom is -0.368 e. The molecule has 0 aromatic carbocycles. The van der Waals surface area contributed by atoms with Gasteiger partial charge in [-0.05, 0) is 13.8 Å². The molecular weight excluding hydrogens is 268 g/mol. The molecule has 152 valence electrons. The Morgan fingerprint density at radius 2 is 0.667 bits per heavy atom. The first-order valence-corrected chi connectivity index (χ1v) is 2.72. The first kappa shape index (κ1) is 133. The first-order valence-electron chi connectivity index (χ1n) is 2.72. The lowest BCUT2D eigenvalue weighted by molar-refractivity contribution is -0.210. The Morgan fingerprint density at radius 1 is 0.524 bits per heavy atom. The van der Waals surface area contributed by atoms with Crippen LogP contribution in [0.5, 0.6) is 0 Å². The Hall–Kier alpha value is -0.160. The Labute approximate surface area is 142 Å². The summed E-state index contributed by atoms with van der Waals surface area (Å²) in [6.45, 7) is 2.84. The summed E-state index contributed by atoms with van der Waals surface area (Å²) < 4.78 is 9.05. The average Bonchev–Trinajstić information content (AvgIpc) is 1.63. The van der Waals surface area contributed by atoms with Gasteiger partial charge < -0.3 is 19.7 Å². The van der Waals surface area contributed by atoms with E-state index in [1.54, 1.807) is 0 Å². The van der Waals surface area contributed by atoms with Crippen LogP contribution in [0, 0.1) is 0 Å². The molecule has 0 aromatic heterocycles. The molecule has 0 radical (unpaired) electrons. The Balaban J connectivity index is -0.00000000485. The van der Waals surface area contributed by atoms with E-state index < -0.39 is 12.6 Å². The highest BCUT2D eigenvalue weighted by atomic mass is 16.7. The summed E-state index contributed by atoms with van der Waals surface area (Å²) in [6, 6.07) is 0. The molecule has 0 saturated heterocycles. The third-order valence-corrected chi connectivity index (χ3v) is 0.618. The zero-order valence-corrected chi connectivity index (χ0v) is 5.57. The molecule has 0 heterocycles. The maximum absolute atomic E-state index is 8.48. The van der Waals surface area contributed by atoms with Gasteiger partial charge in [-0.2, -0.15) is 0 Å². The first-order chi connectivity index (χ1) is 4.13. The van der Waals surface area contributed by atoms with E-state index >= 15 is 0 Å². The van der Waals surface area contributed by atoms with Crippen molar-refractivity contribution in [2.75, 3.05) is 6.79 Å².